The lowest BCUT2D eigenvalue weighted by Gasteiger charge is -2.21. The first-order chi connectivity index (χ1) is 8.85. The van der Waals surface area contributed by atoms with Crippen LogP contribution in [0.25, 0.3) is 0 Å². The van der Waals surface area contributed by atoms with Crippen LogP contribution < -0.4 is 11.1 Å². The van der Waals surface area contributed by atoms with Crippen molar-refractivity contribution < 1.29 is 27.1 Å². The molecule has 0 radical (unpaired) electrons. The van der Waals surface area contributed by atoms with E-state index in [2.05, 4.69) is 0 Å². The van der Waals surface area contributed by atoms with Gasteiger partial charge in [0.05, 0.1) is 6.61 Å². The van der Waals surface area contributed by atoms with Crippen LogP contribution in [0.5, 0.6) is 0 Å². The number of hydrogen-bond acceptors (Lipinski definition) is 3. The van der Waals surface area contributed by atoms with Gasteiger partial charge in [-0.1, -0.05) is 0 Å². The molecule has 0 aromatic heterocycles. The normalized spacial score (nSPS) is 22.6. The smallest absolute Gasteiger partial charge is 0.247 e. The summed E-state index contributed by atoms with van der Waals surface area (Å²) >= 11 is 0. The summed E-state index contributed by atoms with van der Waals surface area (Å²) in [4.78, 5) is 11.8. The number of nitrogens with one attached hydrogen (secondary N) is 1. The third-order valence-electron chi connectivity index (χ3n) is 2.85. The lowest BCUT2D eigenvalue weighted by Crippen LogP contribution is -2.51. The van der Waals surface area contributed by atoms with Crippen LogP contribution in [0.3, 0.4) is 0 Å². The molecule has 1 atom stereocenters. The first-order valence-corrected chi connectivity index (χ1v) is 5.36. The van der Waals surface area contributed by atoms with E-state index in [1.54, 1.807) is 5.32 Å². The van der Waals surface area contributed by atoms with Gasteiger partial charge in [0.1, 0.15) is 11.2 Å². The standard InChI is InChI=1S/C11H10F4N2O2/c12-5-3-6(13)8(15)9(7(5)14)17-10(18)11(16)1-2-19-4-11/h3H,1-2,4,16H2,(H,17,18). The van der Waals surface area contributed by atoms with Crippen LogP contribution in [-0.2, 0) is 9.53 Å². The number of nitrogens with two attached hydrogens (primary N) is 1. The molecule has 1 aliphatic rings. The zero-order valence-corrected chi connectivity index (χ0v) is 9.60. The maximum absolute atomic E-state index is 13.3. The van der Waals surface area contributed by atoms with E-state index in [4.69, 9.17) is 10.5 Å². The molecule has 1 aromatic carbocycles. The van der Waals surface area contributed by atoms with Gasteiger partial charge in [-0.3, -0.25) is 4.79 Å². The van der Waals surface area contributed by atoms with Gasteiger partial charge in [0.2, 0.25) is 5.91 Å². The summed E-state index contributed by atoms with van der Waals surface area (Å²) in [7, 11) is 0. The molecule has 0 bridgehead atoms. The van der Waals surface area contributed by atoms with Gasteiger partial charge in [0, 0.05) is 12.7 Å². The highest BCUT2D eigenvalue weighted by Gasteiger charge is 2.39. The summed E-state index contributed by atoms with van der Waals surface area (Å²) in [6.07, 6.45) is 0.139. The number of amides is 1. The second-order valence-electron chi connectivity index (χ2n) is 4.26. The van der Waals surface area contributed by atoms with Gasteiger partial charge in [0.25, 0.3) is 0 Å². The van der Waals surface area contributed by atoms with Crippen molar-refractivity contribution in [3.63, 3.8) is 0 Å². The van der Waals surface area contributed by atoms with E-state index in [9.17, 15) is 22.4 Å². The summed E-state index contributed by atoms with van der Waals surface area (Å²) in [5, 5.41) is 1.77. The number of hydrogen-bond donors (Lipinski definition) is 2. The molecular formula is C11H10F4N2O2. The number of carbonyl (C=O) groups is 1. The summed E-state index contributed by atoms with van der Waals surface area (Å²) in [5.41, 5.74) is 2.99. The topological polar surface area (TPSA) is 64.4 Å². The van der Waals surface area contributed by atoms with E-state index in [0.717, 1.165) is 0 Å². The van der Waals surface area contributed by atoms with Gasteiger partial charge in [-0.05, 0) is 6.42 Å². The molecule has 8 heteroatoms. The Morgan fingerprint density at radius 3 is 2.32 bits per heavy atom. The molecule has 1 aromatic rings. The third-order valence-corrected chi connectivity index (χ3v) is 2.85. The zero-order valence-electron chi connectivity index (χ0n) is 9.60. The second kappa shape index (κ2) is 4.78. The highest BCUT2D eigenvalue weighted by atomic mass is 19.2. The molecule has 3 N–H and O–H groups in total. The molecule has 19 heavy (non-hydrogen) atoms. The highest BCUT2D eigenvalue weighted by Crippen LogP contribution is 2.26. The van der Waals surface area contributed by atoms with Crippen LogP contribution in [0, 0.1) is 23.3 Å². The lowest BCUT2D eigenvalue weighted by molar-refractivity contribution is -0.121. The number of benzene rings is 1. The molecule has 0 spiro atoms. The molecule has 1 unspecified atom stereocenters. The average Bonchev–Trinajstić information content (AvgIpc) is 2.80. The Hall–Kier alpha value is -1.67. The molecule has 0 aliphatic carbocycles. The summed E-state index contributed by atoms with van der Waals surface area (Å²) in [5.74, 6) is -7.55. The van der Waals surface area contributed by atoms with Gasteiger partial charge in [-0.15, -0.1) is 0 Å². The van der Waals surface area contributed by atoms with Crippen molar-refractivity contribution in [1.82, 2.24) is 0 Å². The largest absolute Gasteiger partial charge is 0.379 e. The van der Waals surface area contributed by atoms with Crippen molar-refractivity contribution in [2.24, 2.45) is 5.73 Å². The summed E-state index contributed by atoms with van der Waals surface area (Å²) < 4.78 is 57.5. The van der Waals surface area contributed by atoms with Crippen molar-refractivity contribution in [1.29, 1.82) is 0 Å². The van der Waals surface area contributed by atoms with Crippen molar-refractivity contribution in [3.8, 4) is 0 Å². The van der Waals surface area contributed by atoms with Crippen molar-refractivity contribution in [2.75, 3.05) is 18.5 Å². The number of carbonyl (C=O) groups excluding carboxylic acids is 1. The molecule has 104 valence electrons. The Morgan fingerprint density at radius 2 is 1.84 bits per heavy atom. The highest BCUT2D eigenvalue weighted by molar-refractivity contribution is 5.98. The number of ether oxygens (including phenoxy) is 1. The molecule has 1 saturated heterocycles. The van der Waals surface area contributed by atoms with Gasteiger partial charge < -0.3 is 15.8 Å². The Balaban J connectivity index is 2.31. The van der Waals surface area contributed by atoms with E-state index < -0.39 is 40.4 Å². The fraction of sp³-hybridized carbons (Fsp3) is 0.364. The van der Waals surface area contributed by atoms with Crippen LogP contribution in [0.4, 0.5) is 23.2 Å². The first-order valence-electron chi connectivity index (χ1n) is 5.36. The monoisotopic (exact) mass is 278 g/mol. The molecule has 1 aliphatic heterocycles. The summed E-state index contributed by atoms with van der Waals surface area (Å²) in [6, 6.07) is 0.0528. The Morgan fingerprint density at radius 1 is 1.26 bits per heavy atom. The fourth-order valence-electron chi connectivity index (χ4n) is 1.68. The average molecular weight is 278 g/mol. The Bertz CT molecular complexity index is 504. The van der Waals surface area contributed by atoms with Gasteiger partial charge in [0.15, 0.2) is 23.3 Å². The second-order valence-corrected chi connectivity index (χ2v) is 4.26. The quantitative estimate of drug-likeness (QED) is 0.633. The van der Waals surface area contributed by atoms with Gasteiger partial charge >= 0.3 is 0 Å². The minimum Gasteiger partial charge on any atom is -0.379 e. The fourth-order valence-corrected chi connectivity index (χ4v) is 1.68. The minimum absolute atomic E-state index is 0.0528. The maximum atomic E-state index is 13.3. The van der Waals surface area contributed by atoms with Crippen LogP contribution in [0.2, 0.25) is 0 Å². The Labute approximate surface area is 105 Å². The molecular weight excluding hydrogens is 268 g/mol. The van der Waals surface area contributed by atoms with Crippen molar-refractivity contribution >= 4 is 11.6 Å². The summed E-state index contributed by atoms with van der Waals surface area (Å²) in [6.45, 7) is 0.0757. The van der Waals surface area contributed by atoms with Crippen molar-refractivity contribution in [2.45, 2.75) is 12.0 Å². The molecule has 1 fully saturated rings. The molecule has 4 nitrogen and oxygen atoms in total. The van der Waals surface area contributed by atoms with Crippen molar-refractivity contribution in [3.05, 3.63) is 29.3 Å². The van der Waals surface area contributed by atoms with Gasteiger partial charge in [-0.2, -0.15) is 0 Å². The van der Waals surface area contributed by atoms with Crippen LogP contribution >= 0.6 is 0 Å². The van der Waals surface area contributed by atoms with E-state index >= 15 is 0 Å². The molecule has 1 heterocycles. The van der Waals surface area contributed by atoms with Gasteiger partial charge in [-0.25, -0.2) is 17.6 Å². The minimum atomic E-state index is -1.69. The number of rotatable bonds is 2. The predicted octanol–water partition coefficient (Wildman–Crippen LogP) is 1.30. The van der Waals surface area contributed by atoms with E-state index in [-0.39, 0.29) is 25.7 Å². The zero-order chi connectivity index (χ0) is 14.2. The van der Waals surface area contributed by atoms with E-state index in [1.165, 1.54) is 0 Å². The lowest BCUT2D eigenvalue weighted by atomic mass is 9.99. The maximum Gasteiger partial charge on any atom is 0.247 e. The number of anilines is 1. The molecule has 1 amide bonds. The first kappa shape index (κ1) is 13.8. The molecule has 2 rings (SSSR count). The predicted molar refractivity (Wildman–Crippen MR) is 57.3 cm³/mol. The van der Waals surface area contributed by atoms with E-state index in [0.29, 0.717) is 0 Å². The Kier molecular flexibility index (Phi) is 3.46. The number of halogens is 4. The third kappa shape index (κ3) is 2.41. The van der Waals surface area contributed by atoms with Crippen LogP contribution in [0.1, 0.15) is 6.42 Å². The molecule has 0 saturated carbocycles. The van der Waals surface area contributed by atoms with Crippen LogP contribution in [-0.4, -0.2) is 24.7 Å². The van der Waals surface area contributed by atoms with E-state index in [1.807, 2.05) is 0 Å². The SMILES string of the molecule is NC1(C(=O)Nc2c(F)c(F)cc(F)c2F)CCOC1. The van der Waals surface area contributed by atoms with Crippen LogP contribution in [0.15, 0.2) is 6.07 Å².